The molecule has 2 nitrogen and oxygen atoms in total. The molecule has 2 fully saturated rings. The van der Waals surface area contributed by atoms with Crippen molar-refractivity contribution in [3.05, 3.63) is 0 Å². The molecule has 2 rings (SSSR count). The first-order chi connectivity index (χ1) is 5.52. The Balaban J connectivity index is 2.46. The third kappa shape index (κ3) is 0.734. The van der Waals surface area contributed by atoms with Crippen LogP contribution in [-0.2, 0) is 0 Å². The number of hydrogen-bond acceptors (Lipinski definition) is 2. The third-order valence-corrected chi connectivity index (χ3v) is 5.77. The number of oxime groups is 1. The van der Waals surface area contributed by atoms with E-state index >= 15 is 0 Å². The zero-order chi connectivity index (χ0) is 8.98. The average Bonchev–Trinajstić information content (AvgIpc) is 2.34. The summed E-state index contributed by atoms with van der Waals surface area (Å²) >= 11 is 3.74. The monoisotopic (exact) mass is 231 g/mol. The maximum atomic E-state index is 8.84. The van der Waals surface area contributed by atoms with Gasteiger partial charge >= 0.3 is 0 Å². The highest BCUT2D eigenvalue weighted by Gasteiger charge is 2.61. The second kappa shape index (κ2) is 2.25. The van der Waals surface area contributed by atoms with E-state index in [1.807, 2.05) is 0 Å². The van der Waals surface area contributed by atoms with Crippen LogP contribution in [0.15, 0.2) is 5.16 Å². The van der Waals surface area contributed by atoms with E-state index in [0.717, 1.165) is 18.6 Å². The summed E-state index contributed by atoms with van der Waals surface area (Å²) in [5, 5.41) is 12.3. The summed E-state index contributed by atoms with van der Waals surface area (Å²) in [5.41, 5.74) is 1.21. The van der Waals surface area contributed by atoms with Crippen molar-refractivity contribution in [3.63, 3.8) is 0 Å². The first-order valence-corrected chi connectivity index (χ1v) is 5.22. The lowest BCUT2D eigenvalue weighted by atomic mass is 9.82. The van der Waals surface area contributed by atoms with Crippen LogP contribution < -0.4 is 0 Å². The normalized spacial score (nSPS) is 47.2. The molecule has 2 atom stereocenters. The molecule has 0 aromatic heterocycles. The van der Waals surface area contributed by atoms with Crippen molar-refractivity contribution in [2.45, 2.75) is 37.4 Å². The highest BCUT2D eigenvalue weighted by molar-refractivity contribution is 9.10. The topological polar surface area (TPSA) is 32.6 Å². The largest absolute Gasteiger partial charge is 0.411 e. The molecule has 2 unspecified atom stereocenters. The van der Waals surface area contributed by atoms with Gasteiger partial charge in [-0.1, -0.05) is 34.9 Å². The molecule has 68 valence electrons. The van der Waals surface area contributed by atoms with Crippen molar-refractivity contribution in [1.29, 1.82) is 0 Å². The van der Waals surface area contributed by atoms with Gasteiger partial charge < -0.3 is 5.21 Å². The maximum Gasteiger partial charge on any atom is 0.0746 e. The second-order valence-corrected chi connectivity index (χ2v) is 5.86. The Bertz CT molecular complexity index is 249. The van der Waals surface area contributed by atoms with Crippen LogP contribution in [-0.4, -0.2) is 15.2 Å². The fourth-order valence-corrected chi connectivity index (χ4v) is 3.56. The highest BCUT2D eigenvalue weighted by atomic mass is 79.9. The number of hydrogen-bond donors (Lipinski definition) is 1. The van der Waals surface area contributed by atoms with Crippen molar-refractivity contribution in [2.24, 2.45) is 16.5 Å². The lowest BCUT2D eigenvalue weighted by Crippen LogP contribution is -2.36. The summed E-state index contributed by atoms with van der Waals surface area (Å²) in [6.07, 6.45) is 3.34. The SMILES string of the molecule is CC1(C)C2CCC1(Br)C(=NO)C2. The molecule has 0 amide bonds. The molecule has 0 heterocycles. The van der Waals surface area contributed by atoms with Gasteiger partial charge in [-0.25, -0.2) is 0 Å². The fourth-order valence-electron chi connectivity index (χ4n) is 2.77. The van der Waals surface area contributed by atoms with Gasteiger partial charge in [0, 0.05) is 0 Å². The van der Waals surface area contributed by atoms with E-state index in [9.17, 15) is 0 Å². The van der Waals surface area contributed by atoms with Crippen molar-refractivity contribution < 1.29 is 5.21 Å². The van der Waals surface area contributed by atoms with Crippen LogP contribution in [0.5, 0.6) is 0 Å². The predicted octanol–water partition coefficient (Wildman–Crippen LogP) is 2.79. The lowest BCUT2D eigenvalue weighted by Gasteiger charge is -2.31. The molecule has 2 aliphatic carbocycles. The van der Waals surface area contributed by atoms with E-state index in [1.54, 1.807) is 0 Å². The number of rotatable bonds is 0. The molecule has 2 saturated carbocycles. The maximum absolute atomic E-state index is 8.84. The average molecular weight is 232 g/mol. The summed E-state index contributed by atoms with van der Waals surface area (Å²) in [6, 6.07) is 0. The van der Waals surface area contributed by atoms with E-state index < -0.39 is 0 Å². The van der Waals surface area contributed by atoms with Crippen molar-refractivity contribution >= 4 is 21.6 Å². The third-order valence-electron chi connectivity index (χ3n) is 3.90. The molecule has 0 aliphatic heterocycles. The van der Waals surface area contributed by atoms with Gasteiger partial charge in [0.25, 0.3) is 0 Å². The van der Waals surface area contributed by atoms with E-state index in [0.29, 0.717) is 5.92 Å². The summed E-state index contributed by atoms with van der Waals surface area (Å²) in [5.74, 6) is 0.697. The molecular formula is C9H14BrNO. The molecule has 0 saturated heterocycles. The first-order valence-electron chi connectivity index (χ1n) is 4.42. The van der Waals surface area contributed by atoms with Crippen molar-refractivity contribution in [3.8, 4) is 0 Å². The van der Waals surface area contributed by atoms with E-state index in [4.69, 9.17) is 5.21 Å². The molecule has 12 heavy (non-hydrogen) atoms. The van der Waals surface area contributed by atoms with Crippen molar-refractivity contribution in [1.82, 2.24) is 0 Å². The molecular weight excluding hydrogens is 218 g/mol. The standard InChI is InChI=1S/C9H14BrNO/c1-8(2)6-3-4-9(8,10)7(5-6)11-12/h6,12H,3-5H2,1-2H3. The van der Waals surface area contributed by atoms with E-state index in [-0.39, 0.29) is 9.74 Å². The highest BCUT2D eigenvalue weighted by Crippen LogP contribution is 2.62. The molecule has 0 radical (unpaired) electrons. The number of halogens is 1. The van der Waals surface area contributed by atoms with Crippen LogP contribution in [0.4, 0.5) is 0 Å². The Hall–Kier alpha value is -0.0500. The molecule has 0 aromatic rings. The summed E-state index contributed by atoms with van der Waals surface area (Å²) in [4.78, 5) is 0. The zero-order valence-electron chi connectivity index (χ0n) is 7.47. The fraction of sp³-hybridized carbons (Fsp3) is 0.889. The van der Waals surface area contributed by atoms with Crippen molar-refractivity contribution in [2.75, 3.05) is 0 Å². The van der Waals surface area contributed by atoms with Crippen LogP contribution in [0.2, 0.25) is 0 Å². The second-order valence-electron chi connectivity index (χ2n) is 4.51. The molecule has 2 bridgehead atoms. The summed E-state index contributed by atoms with van der Waals surface area (Å²) < 4.78 is -0.0145. The van der Waals surface area contributed by atoms with Gasteiger partial charge in [0.15, 0.2) is 0 Å². The van der Waals surface area contributed by atoms with Crippen LogP contribution >= 0.6 is 15.9 Å². The lowest BCUT2D eigenvalue weighted by molar-refractivity contribution is 0.288. The van der Waals surface area contributed by atoms with Gasteiger partial charge in [-0.15, -0.1) is 0 Å². The predicted molar refractivity (Wildman–Crippen MR) is 52.0 cm³/mol. The number of alkyl halides is 1. The Morgan fingerprint density at radius 2 is 2.25 bits per heavy atom. The summed E-state index contributed by atoms with van der Waals surface area (Å²) in [7, 11) is 0. The Morgan fingerprint density at radius 3 is 2.50 bits per heavy atom. The molecule has 1 N–H and O–H groups in total. The van der Waals surface area contributed by atoms with Gasteiger partial charge in [-0.05, 0) is 30.6 Å². The van der Waals surface area contributed by atoms with E-state index in [1.165, 1.54) is 6.42 Å². The van der Waals surface area contributed by atoms with Crippen LogP contribution in [0.3, 0.4) is 0 Å². The van der Waals surface area contributed by atoms with Crippen LogP contribution in [0, 0.1) is 11.3 Å². The van der Waals surface area contributed by atoms with E-state index in [2.05, 4.69) is 34.9 Å². The van der Waals surface area contributed by atoms with Gasteiger partial charge in [0.05, 0.1) is 10.0 Å². The molecule has 0 spiro atoms. The Morgan fingerprint density at radius 1 is 1.58 bits per heavy atom. The van der Waals surface area contributed by atoms with Gasteiger partial charge in [-0.3, -0.25) is 0 Å². The first kappa shape index (κ1) is 8.54. The Kier molecular flexibility index (Phi) is 1.60. The number of nitrogens with zero attached hydrogens (tertiary/aromatic N) is 1. The quantitative estimate of drug-likeness (QED) is 0.388. The Labute approximate surface area is 81.2 Å². The molecule has 3 heteroatoms. The molecule has 0 aromatic carbocycles. The van der Waals surface area contributed by atoms with Gasteiger partial charge in [0.2, 0.25) is 0 Å². The van der Waals surface area contributed by atoms with Gasteiger partial charge in [0.1, 0.15) is 0 Å². The smallest absolute Gasteiger partial charge is 0.0746 e. The van der Waals surface area contributed by atoms with Crippen LogP contribution in [0.1, 0.15) is 33.1 Å². The zero-order valence-corrected chi connectivity index (χ0v) is 9.06. The summed E-state index contributed by atoms with van der Waals surface area (Å²) in [6.45, 7) is 4.52. The molecule has 2 aliphatic rings. The minimum absolute atomic E-state index is 0.0145. The minimum Gasteiger partial charge on any atom is -0.411 e. The minimum atomic E-state index is -0.0145. The van der Waals surface area contributed by atoms with Gasteiger partial charge in [-0.2, -0.15) is 0 Å². The van der Waals surface area contributed by atoms with Crippen LogP contribution in [0.25, 0.3) is 0 Å². The number of fused-ring (bicyclic) bond motifs is 2.